The second kappa shape index (κ2) is 7.01. The first-order chi connectivity index (χ1) is 7.33. The minimum Gasteiger partial charge on any atom is -0.379 e. The van der Waals surface area contributed by atoms with Crippen LogP contribution in [0.2, 0.25) is 0 Å². The van der Waals surface area contributed by atoms with Crippen LogP contribution in [-0.4, -0.2) is 24.7 Å². The second-order valence-corrected chi connectivity index (χ2v) is 3.33. The standard InChI is InChI=1S/C12H18N2O/c1-3-4-8-15-9-7-14-12-10-11(2)5-6-13-12/h3,5-6,10H,1,4,7-9H2,2H3,(H,13,14). The van der Waals surface area contributed by atoms with E-state index >= 15 is 0 Å². The van der Waals surface area contributed by atoms with E-state index < -0.39 is 0 Å². The Hall–Kier alpha value is -1.35. The fourth-order valence-electron chi connectivity index (χ4n) is 1.15. The first-order valence-corrected chi connectivity index (χ1v) is 5.18. The molecule has 0 aliphatic rings. The molecule has 0 bridgehead atoms. The third-order valence-electron chi connectivity index (χ3n) is 1.93. The number of aromatic nitrogens is 1. The summed E-state index contributed by atoms with van der Waals surface area (Å²) >= 11 is 0. The van der Waals surface area contributed by atoms with Crippen LogP contribution in [0.4, 0.5) is 5.82 Å². The van der Waals surface area contributed by atoms with Crippen LogP contribution in [0, 0.1) is 6.92 Å². The van der Waals surface area contributed by atoms with E-state index in [1.807, 2.05) is 25.1 Å². The van der Waals surface area contributed by atoms with Crippen LogP contribution in [0.1, 0.15) is 12.0 Å². The van der Waals surface area contributed by atoms with Crippen molar-refractivity contribution in [2.24, 2.45) is 0 Å². The summed E-state index contributed by atoms with van der Waals surface area (Å²) in [7, 11) is 0. The summed E-state index contributed by atoms with van der Waals surface area (Å²) < 4.78 is 5.36. The third kappa shape index (κ3) is 5.18. The fraction of sp³-hybridized carbons (Fsp3) is 0.417. The van der Waals surface area contributed by atoms with E-state index in [1.54, 1.807) is 6.20 Å². The van der Waals surface area contributed by atoms with E-state index in [2.05, 4.69) is 16.9 Å². The highest BCUT2D eigenvalue weighted by molar-refractivity contribution is 5.36. The van der Waals surface area contributed by atoms with Gasteiger partial charge in [0.1, 0.15) is 5.82 Å². The predicted octanol–water partition coefficient (Wildman–Crippen LogP) is 2.39. The average Bonchev–Trinajstić information content (AvgIpc) is 2.23. The number of pyridine rings is 1. The zero-order valence-corrected chi connectivity index (χ0v) is 9.20. The lowest BCUT2D eigenvalue weighted by Gasteiger charge is -2.06. The number of hydrogen-bond donors (Lipinski definition) is 1. The Kier molecular flexibility index (Phi) is 5.48. The summed E-state index contributed by atoms with van der Waals surface area (Å²) in [6.45, 7) is 7.90. The predicted molar refractivity (Wildman–Crippen MR) is 63.1 cm³/mol. The van der Waals surface area contributed by atoms with Crippen molar-refractivity contribution in [3.8, 4) is 0 Å². The summed E-state index contributed by atoms with van der Waals surface area (Å²) in [6, 6.07) is 4.00. The Morgan fingerprint density at radius 1 is 1.53 bits per heavy atom. The molecule has 3 heteroatoms. The van der Waals surface area contributed by atoms with Gasteiger partial charge >= 0.3 is 0 Å². The van der Waals surface area contributed by atoms with Crippen LogP contribution in [0.5, 0.6) is 0 Å². The zero-order chi connectivity index (χ0) is 10.9. The largest absolute Gasteiger partial charge is 0.379 e. The number of nitrogens with zero attached hydrogens (tertiary/aromatic N) is 1. The number of rotatable bonds is 7. The molecule has 0 unspecified atom stereocenters. The van der Waals surface area contributed by atoms with Crippen molar-refractivity contribution in [2.45, 2.75) is 13.3 Å². The Labute approximate surface area is 91.2 Å². The van der Waals surface area contributed by atoms with Crippen LogP contribution >= 0.6 is 0 Å². The van der Waals surface area contributed by atoms with E-state index in [-0.39, 0.29) is 0 Å². The summed E-state index contributed by atoms with van der Waals surface area (Å²) in [4.78, 5) is 4.19. The molecular formula is C12H18N2O. The summed E-state index contributed by atoms with van der Waals surface area (Å²) in [5.74, 6) is 0.905. The lowest BCUT2D eigenvalue weighted by atomic mass is 10.3. The molecule has 0 aromatic carbocycles. The first kappa shape index (κ1) is 11.7. The van der Waals surface area contributed by atoms with Gasteiger partial charge in [-0.05, 0) is 31.0 Å². The van der Waals surface area contributed by atoms with Gasteiger partial charge in [0.15, 0.2) is 0 Å². The van der Waals surface area contributed by atoms with E-state index in [0.717, 1.165) is 25.4 Å². The molecule has 0 spiro atoms. The van der Waals surface area contributed by atoms with Crippen molar-refractivity contribution in [3.63, 3.8) is 0 Å². The second-order valence-electron chi connectivity index (χ2n) is 3.33. The smallest absolute Gasteiger partial charge is 0.126 e. The monoisotopic (exact) mass is 206 g/mol. The van der Waals surface area contributed by atoms with Gasteiger partial charge in [0.05, 0.1) is 13.2 Å². The molecule has 0 aliphatic carbocycles. The van der Waals surface area contributed by atoms with E-state index in [1.165, 1.54) is 5.56 Å². The number of aryl methyl sites for hydroxylation is 1. The molecule has 1 aromatic rings. The lowest BCUT2D eigenvalue weighted by Crippen LogP contribution is -2.10. The highest BCUT2D eigenvalue weighted by Gasteiger charge is 1.92. The lowest BCUT2D eigenvalue weighted by molar-refractivity contribution is 0.149. The molecule has 15 heavy (non-hydrogen) atoms. The van der Waals surface area contributed by atoms with Gasteiger partial charge in [-0.2, -0.15) is 0 Å². The molecule has 3 nitrogen and oxygen atoms in total. The van der Waals surface area contributed by atoms with Gasteiger partial charge in [0, 0.05) is 12.7 Å². The summed E-state index contributed by atoms with van der Waals surface area (Å²) in [5, 5.41) is 3.20. The van der Waals surface area contributed by atoms with Gasteiger partial charge in [0.25, 0.3) is 0 Å². The summed E-state index contributed by atoms with van der Waals surface area (Å²) in [6.07, 6.45) is 4.56. The van der Waals surface area contributed by atoms with Gasteiger partial charge in [-0.25, -0.2) is 4.98 Å². The third-order valence-corrected chi connectivity index (χ3v) is 1.93. The van der Waals surface area contributed by atoms with E-state index in [4.69, 9.17) is 4.74 Å². The van der Waals surface area contributed by atoms with Crippen molar-refractivity contribution < 1.29 is 4.74 Å². The molecule has 0 saturated carbocycles. The average molecular weight is 206 g/mol. The molecule has 1 N–H and O–H groups in total. The molecule has 1 heterocycles. The van der Waals surface area contributed by atoms with Gasteiger partial charge < -0.3 is 10.1 Å². The fourth-order valence-corrected chi connectivity index (χ4v) is 1.15. The molecule has 1 aromatic heterocycles. The van der Waals surface area contributed by atoms with Gasteiger partial charge in [-0.1, -0.05) is 6.08 Å². The van der Waals surface area contributed by atoms with Crippen molar-refractivity contribution in [1.82, 2.24) is 4.98 Å². The van der Waals surface area contributed by atoms with Gasteiger partial charge in [0.2, 0.25) is 0 Å². The van der Waals surface area contributed by atoms with Crippen LogP contribution in [0.15, 0.2) is 31.0 Å². The molecule has 0 fully saturated rings. The highest BCUT2D eigenvalue weighted by atomic mass is 16.5. The highest BCUT2D eigenvalue weighted by Crippen LogP contribution is 2.04. The normalized spacial score (nSPS) is 9.93. The van der Waals surface area contributed by atoms with Crippen LogP contribution in [-0.2, 0) is 4.74 Å². The SMILES string of the molecule is C=CCCOCCNc1cc(C)ccn1. The minimum absolute atomic E-state index is 0.698. The van der Waals surface area contributed by atoms with Crippen molar-refractivity contribution in [3.05, 3.63) is 36.5 Å². The van der Waals surface area contributed by atoms with E-state index in [9.17, 15) is 0 Å². The first-order valence-electron chi connectivity index (χ1n) is 5.18. The molecule has 0 atom stereocenters. The van der Waals surface area contributed by atoms with E-state index in [0.29, 0.717) is 6.61 Å². The maximum absolute atomic E-state index is 5.36. The van der Waals surface area contributed by atoms with Crippen LogP contribution in [0.3, 0.4) is 0 Å². The van der Waals surface area contributed by atoms with Crippen LogP contribution < -0.4 is 5.32 Å². The Balaban J connectivity index is 2.12. The maximum Gasteiger partial charge on any atom is 0.126 e. The summed E-state index contributed by atoms with van der Waals surface area (Å²) in [5.41, 5.74) is 1.21. The Bertz CT molecular complexity index is 299. The number of nitrogens with one attached hydrogen (secondary N) is 1. The topological polar surface area (TPSA) is 34.1 Å². The van der Waals surface area contributed by atoms with Crippen molar-refractivity contribution in [1.29, 1.82) is 0 Å². The number of hydrogen-bond acceptors (Lipinski definition) is 3. The Morgan fingerprint density at radius 3 is 3.13 bits per heavy atom. The molecule has 0 amide bonds. The molecule has 0 saturated heterocycles. The van der Waals surface area contributed by atoms with Crippen molar-refractivity contribution in [2.75, 3.05) is 25.1 Å². The molecular weight excluding hydrogens is 188 g/mol. The molecule has 0 aliphatic heterocycles. The maximum atomic E-state index is 5.36. The van der Waals surface area contributed by atoms with Gasteiger partial charge in [-0.15, -0.1) is 6.58 Å². The van der Waals surface area contributed by atoms with Crippen LogP contribution in [0.25, 0.3) is 0 Å². The zero-order valence-electron chi connectivity index (χ0n) is 9.20. The number of ether oxygens (including phenoxy) is 1. The quantitative estimate of drug-likeness (QED) is 0.549. The number of anilines is 1. The van der Waals surface area contributed by atoms with Crippen molar-refractivity contribution >= 4 is 5.82 Å². The minimum atomic E-state index is 0.698. The molecule has 1 rings (SSSR count). The van der Waals surface area contributed by atoms with Gasteiger partial charge in [-0.3, -0.25) is 0 Å². The molecule has 82 valence electrons. The Morgan fingerprint density at radius 2 is 2.40 bits per heavy atom. The molecule has 0 radical (unpaired) electrons.